The zero-order valence-electron chi connectivity index (χ0n) is 27.6. The van der Waals surface area contributed by atoms with Crippen LogP contribution in [0.1, 0.15) is 22.6 Å². The second-order valence-corrected chi connectivity index (χ2v) is 13.4. The molecule has 1 aliphatic carbocycles. The van der Waals surface area contributed by atoms with Crippen molar-refractivity contribution in [1.29, 1.82) is 0 Å². The zero-order valence-corrected chi connectivity index (χ0v) is 27.6. The van der Waals surface area contributed by atoms with Crippen LogP contribution in [0.5, 0.6) is 0 Å². The van der Waals surface area contributed by atoms with Crippen LogP contribution in [0.15, 0.2) is 176 Å². The maximum Gasteiger partial charge on any atom is 0.164 e. The monoisotopic (exact) mass is 650 g/mol. The molecule has 1 atom stereocenters. The SMILES string of the molecule is c1ccc(-c2nccnc2-n2c3ccccc3c3c4c5ccccc5n(-c5ccc6c(c5)-c5ccccc5C6c5ccccc5)c4ccc32)cc1. The molecule has 0 radical (unpaired) electrons. The lowest BCUT2D eigenvalue weighted by molar-refractivity contribution is 1.01. The molecule has 7 aromatic carbocycles. The van der Waals surface area contributed by atoms with Gasteiger partial charge in [-0.15, -0.1) is 0 Å². The van der Waals surface area contributed by atoms with Crippen molar-refractivity contribution in [3.63, 3.8) is 0 Å². The molecular formula is C47H30N4. The van der Waals surface area contributed by atoms with Gasteiger partial charge in [-0.2, -0.15) is 0 Å². The molecule has 3 heterocycles. The third-order valence-corrected chi connectivity index (χ3v) is 10.7. The highest BCUT2D eigenvalue weighted by molar-refractivity contribution is 6.29. The predicted octanol–water partition coefficient (Wildman–Crippen LogP) is 11.5. The fourth-order valence-electron chi connectivity index (χ4n) is 8.65. The summed E-state index contributed by atoms with van der Waals surface area (Å²) in [7, 11) is 0. The third kappa shape index (κ3) is 4.02. The summed E-state index contributed by atoms with van der Waals surface area (Å²) in [6.07, 6.45) is 3.57. The lowest BCUT2D eigenvalue weighted by atomic mass is 9.89. The minimum absolute atomic E-state index is 0.220. The minimum atomic E-state index is 0.220. The van der Waals surface area contributed by atoms with Gasteiger partial charge in [-0.25, -0.2) is 4.98 Å². The van der Waals surface area contributed by atoms with Gasteiger partial charge in [0.1, 0.15) is 5.69 Å². The van der Waals surface area contributed by atoms with E-state index in [0.29, 0.717) is 0 Å². The Balaban J connectivity index is 1.19. The van der Waals surface area contributed by atoms with E-state index in [1.807, 2.05) is 6.07 Å². The van der Waals surface area contributed by atoms with Gasteiger partial charge in [0.25, 0.3) is 0 Å². The summed E-state index contributed by atoms with van der Waals surface area (Å²) >= 11 is 0. The molecule has 4 nitrogen and oxygen atoms in total. The number of fused-ring (bicyclic) bond motifs is 10. The lowest BCUT2D eigenvalue weighted by Gasteiger charge is -2.15. The molecule has 0 spiro atoms. The summed E-state index contributed by atoms with van der Waals surface area (Å²) in [6.45, 7) is 0. The highest BCUT2D eigenvalue weighted by Gasteiger charge is 2.30. The summed E-state index contributed by atoms with van der Waals surface area (Å²) in [5.74, 6) is 1.04. The van der Waals surface area contributed by atoms with Gasteiger partial charge in [-0.3, -0.25) is 9.55 Å². The largest absolute Gasteiger partial charge is 0.309 e. The van der Waals surface area contributed by atoms with E-state index in [-0.39, 0.29) is 5.92 Å². The van der Waals surface area contributed by atoms with Crippen LogP contribution in [0, 0.1) is 0 Å². The first kappa shape index (κ1) is 28.1. The van der Waals surface area contributed by atoms with Crippen LogP contribution < -0.4 is 0 Å². The Kier molecular flexibility index (Phi) is 5.98. The molecule has 0 fully saturated rings. The number of nitrogens with zero attached hydrogens (tertiary/aromatic N) is 4. The van der Waals surface area contributed by atoms with Crippen molar-refractivity contribution >= 4 is 43.6 Å². The van der Waals surface area contributed by atoms with Crippen molar-refractivity contribution in [3.05, 3.63) is 193 Å². The van der Waals surface area contributed by atoms with Crippen LogP contribution in [0.2, 0.25) is 0 Å². The van der Waals surface area contributed by atoms with Gasteiger partial charge in [0.15, 0.2) is 5.82 Å². The van der Waals surface area contributed by atoms with Crippen LogP contribution in [-0.2, 0) is 0 Å². The first-order chi connectivity index (χ1) is 25.3. The summed E-state index contributed by atoms with van der Waals surface area (Å²) in [5, 5.41) is 4.88. The van der Waals surface area contributed by atoms with Gasteiger partial charge in [-0.1, -0.05) is 127 Å². The minimum Gasteiger partial charge on any atom is -0.309 e. The molecular weight excluding hydrogens is 621 g/mol. The van der Waals surface area contributed by atoms with Crippen LogP contribution in [0.3, 0.4) is 0 Å². The standard InChI is InChI=1S/C47H30N4/c1-3-13-30(14-4-1)43-34-18-8-7-17-33(34)38-29-32(23-24-35(38)43)50-39-21-11-9-19-36(39)44-41(50)25-26-42-45(44)37-20-10-12-22-40(37)51(42)47-46(48-27-28-49-47)31-15-5-2-6-16-31/h1-29,43H. The van der Waals surface area contributed by atoms with Gasteiger partial charge in [-0.05, 0) is 64.2 Å². The van der Waals surface area contributed by atoms with E-state index in [2.05, 4.69) is 167 Å². The van der Waals surface area contributed by atoms with Crippen molar-refractivity contribution in [1.82, 2.24) is 19.1 Å². The molecule has 0 bridgehead atoms. The van der Waals surface area contributed by atoms with Crippen molar-refractivity contribution in [2.24, 2.45) is 0 Å². The Labute approximate surface area is 294 Å². The molecule has 0 N–H and O–H groups in total. The van der Waals surface area contributed by atoms with Crippen molar-refractivity contribution in [2.75, 3.05) is 0 Å². The lowest BCUT2D eigenvalue weighted by Crippen LogP contribution is -2.02. The van der Waals surface area contributed by atoms with E-state index >= 15 is 0 Å². The van der Waals surface area contributed by atoms with Gasteiger partial charge in [0.2, 0.25) is 0 Å². The van der Waals surface area contributed by atoms with Gasteiger partial charge < -0.3 is 4.57 Å². The highest BCUT2D eigenvalue weighted by Crippen LogP contribution is 2.49. The van der Waals surface area contributed by atoms with E-state index < -0.39 is 0 Å². The topological polar surface area (TPSA) is 35.6 Å². The molecule has 0 saturated heterocycles. The first-order valence-corrected chi connectivity index (χ1v) is 17.5. The molecule has 1 unspecified atom stereocenters. The van der Waals surface area contributed by atoms with E-state index in [1.54, 1.807) is 12.4 Å². The Bertz CT molecular complexity index is 2970. The first-order valence-electron chi connectivity index (χ1n) is 17.5. The summed E-state index contributed by atoms with van der Waals surface area (Å²) in [6, 6.07) is 59.3. The highest BCUT2D eigenvalue weighted by atomic mass is 15.1. The van der Waals surface area contributed by atoms with E-state index in [9.17, 15) is 0 Å². The number of hydrogen-bond acceptors (Lipinski definition) is 2. The smallest absolute Gasteiger partial charge is 0.164 e. The van der Waals surface area contributed by atoms with E-state index in [4.69, 9.17) is 9.97 Å². The van der Waals surface area contributed by atoms with Crippen LogP contribution in [-0.4, -0.2) is 19.1 Å². The van der Waals surface area contributed by atoms with Crippen LogP contribution in [0.4, 0.5) is 0 Å². The average molecular weight is 651 g/mol. The molecule has 238 valence electrons. The number of benzene rings is 7. The molecule has 0 saturated carbocycles. The van der Waals surface area contributed by atoms with Crippen LogP contribution in [0.25, 0.3) is 77.5 Å². The van der Waals surface area contributed by atoms with Crippen LogP contribution >= 0.6 is 0 Å². The summed E-state index contributed by atoms with van der Waals surface area (Å²) in [5.41, 5.74) is 14.3. The molecule has 4 heteroatoms. The molecule has 0 aliphatic heterocycles. The fraction of sp³-hybridized carbons (Fsp3) is 0.0213. The fourth-order valence-corrected chi connectivity index (χ4v) is 8.65. The molecule has 3 aromatic heterocycles. The Morgan fingerprint density at radius 2 is 1.02 bits per heavy atom. The Morgan fingerprint density at radius 3 is 1.78 bits per heavy atom. The quantitative estimate of drug-likeness (QED) is 0.190. The second-order valence-electron chi connectivity index (χ2n) is 13.4. The maximum absolute atomic E-state index is 4.97. The number of rotatable bonds is 4. The normalized spacial score (nSPS) is 13.7. The van der Waals surface area contributed by atoms with E-state index in [1.165, 1.54) is 60.4 Å². The van der Waals surface area contributed by atoms with Gasteiger partial charge in [0, 0.05) is 51.1 Å². The van der Waals surface area contributed by atoms with Gasteiger partial charge in [0.05, 0.1) is 22.1 Å². The molecule has 51 heavy (non-hydrogen) atoms. The molecule has 10 aromatic rings. The Morgan fingerprint density at radius 1 is 0.431 bits per heavy atom. The Hall–Kier alpha value is -6.78. The van der Waals surface area contributed by atoms with Gasteiger partial charge >= 0.3 is 0 Å². The number of para-hydroxylation sites is 2. The van der Waals surface area contributed by atoms with Crippen molar-refractivity contribution in [2.45, 2.75) is 5.92 Å². The maximum atomic E-state index is 4.97. The number of hydrogen-bond donors (Lipinski definition) is 0. The van der Waals surface area contributed by atoms with E-state index in [0.717, 1.165) is 33.8 Å². The average Bonchev–Trinajstić information content (AvgIpc) is 3.84. The predicted molar refractivity (Wildman–Crippen MR) is 209 cm³/mol. The summed E-state index contributed by atoms with van der Waals surface area (Å²) < 4.78 is 4.74. The zero-order chi connectivity index (χ0) is 33.5. The number of aromatic nitrogens is 4. The summed E-state index contributed by atoms with van der Waals surface area (Å²) in [4.78, 5) is 9.82. The molecule has 0 amide bonds. The third-order valence-electron chi connectivity index (χ3n) is 10.7. The second kappa shape index (κ2) is 10.9. The molecule has 1 aliphatic rings. The molecule has 11 rings (SSSR count). The van der Waals surface area contributed by atoms with Crippen molar-refractivity contribution < 1.29 is 0 Å². The van der Waals surface area contributed by atoms with Crippen molar-refractivity contribution in [3.8, 4) is 33.9 Å².